The maximum atomic E-state index is 9.52. The van der Waals surface area contributed by atoms with Crippen LogP contribution in [0.2, 0.25) is 0 Å². The van der Waals surface area contributed by atoms with Crippen molar-refractivity contribution in [2.24, 2.45) is 5.73 Å². The van der Waals surface area contributed by atoms with Gasteiger partial charge in [-0.25, -0.2) is 0 Å². The minimum Gasteiger partial charge on any atom is -0.394 e. The van der Waals surface area contributed by atoms with Gasteiger partial charge < -0.3 is 15.7 Å². The zero-order valence-corrected chi connectivity index (χ0v) is 11.5. The summed E-state index contributed by atoms with van der Waals surface area (Å²) in [4.78, 5) is 2.68. The second kappa shape index (κ2) is 5.67. The molecular weight excluding hydrogens is 244 g/mol. The zero-order chi connectivity index (χ0) is 13.1. The highest BCUT2D eigenvalue weighted by Crippen LogP contribution is 2.29. The van der Waals surface area contributed by atoms with Gasteiger partial charge in [0.15, 0.2) is 0 Å². The summed E-state index contributed by atoms with van der Waals surface area (Å²) in [5, 5.41) is 9.52. The summed E-state index contributed by atoms with van der Waals surface area (Å²) in [5.41, 5.74) is 8.97. The number of nitrogens with two attached hydrogens (primary N) is 1. The molecule has 1 aromatic carbocycles. The number of benzene rings is 1. The normalized spacial score (nSPS) is 19.9. The lowest BCUT2D eigenvalue weighted by Crippen LogP contribution is -2.42. The van der Waals surface area contributed by atoms with Crippen molar-refractivity contribution in [1.29, 1.82) is 0 Å². The van der Waals surface area contributed by atoms with Crippen molar-refractivity contribution in [3.63, 3.8) is 0 Å². The van der Waals surface area contributed by atoms with Crippen LogP contribution in [0.1, 0.15) is 30.4 Å². The third kappa shape index (κ3) is 2.65. The Kier molecular flexibility index (Phi) is 4.19. The first-order valence-electron chi connectivity index (χ1n) is 6.41. The van der Waals surface area contributed by atoms with E-state index in [9.17, 15) is 5.11 Å². The summed E-state index contributed by atoms with van der Waals surface area (Å²) in [6.07, 6.45) is 3.36. The number of hydrogen-bond acceptors (Lipinski definition) is 3. The summed E-state index contributed by atoms with van der Waals surface area (Å²) in [6, 6.07) is 6.31. The van der Waals surface area contributed by atoms with Gasteiger partial charge in [0.05, 0.1) is 12.6 Å². The molecule has 1 unspecified atom stereocenters. The van der Waals surface area contributed by atoms with E-state index in [4.69, 9.17) is 18.0 Å². The third-order valence-electron chi connectivity index (χ3n) is 3.57. The summed E-state index contributed by atoms with van der Waals surface area (Å²) in [7, 11) is 0. The second-order valence-electron chi connectivity index (χ2n) is 4.91. The van der Waals surface area contributed by atoms with Crippen molar-refractivity contribution in [2.45, 2.75) is 32.2 Å². The number of aryl methyl sites for hydroxylation is 1. The Balaban J connectivity index is 2.41. The lowest BCUT2D eigenvalue weighted by atomic mass is 9.99. The molecule has 1 aliphatic rings. The molecule has 3 nitrogen and oxygen atoms in total. The summed E-state index contributed by atoms with van der Waals surface area (Å²) in [6.45, 7) is 3.21. The Morgan fingerprint density at radius 1 is 1.50 bits per heavy atom. The molecule has 98 valence electrons. The predicted octanol–water partition coefficient (Wildman–Crippen LogP) is 1.98. The fourth-order valence-corrected chi connectivity index (χ4v) is 2.77. The lowest BCUT2D eigenvalue weighted by Gasteiger charge is -2.37. The zero-order valence-electron chi connectivity index (χ0n) is 10.7. The first-order chi connectivity index (χ1) is 8.63. The molecule has 1 fully saturated rings. The summed E-state index contributed by atoms with van der Waals surface area (Å²) >= 11 is 5.13. The van der Waals surface area contributed by atoms with Crippen LogP contribution < -0.4 is 10.6 Å². The molecule has 1 saturated heterocycles. The molecule has 0 radical (unpaired) electrons. The molecular formula is C14H20N2OS. The van der Waals surface area contributed by atoms with Crippen LogP contribution >= 0.6 is 12.2 Å². The number of hydrogen-bond donors (Lipinski definition) is 2. The Hall–Kier alpha value is -1.13. The standard InChI is InChI=1S/C14H20N2OS/c1-10-5-6-12(14(15)18)13(8-10)16-7-3-2-4-11(16)9-17/h5-6,8,11,17H,2-4,7,9H2,1H3,(H2,15,18). The molecule has 0 amide bonds. The van der Waals surface area contributed by atoms with Gasteiger partial charge in [0.25, 0.3) is 0 Å². The van der Waals surface area contributed by atoms with Gasteiger partial charge in [-0.1, -0.05) is 18.3 Å². The van der Waals surface area contributed by atoms with Gasteiger partial charge in [0.2, 0.25) is 0 Å². The monoisotopic (exact) mass is 264 g/mol. The van der Waals surface area contributed by atoms with Crippen molar-refractivity contribution in [3.8, 4) is 0 Å². The fraction of sp³-hybridized carbons (Fsp3) is 0.500. The molecule has 0 saturated carbocycles. The molecule has 0 aliphatic carbocycles. The van der Waals surface area contributed by atoms with Crippen LogP contribution in [0.25, 0.3) is 0 Å². The average Bonchev–Trinajstić information content (AvgIpc) is 2.38. The fourth-order valence-electron chi connectivity index (χ4n) is 2.60. The van der Waals surface area contributed by atoms with E-state index in [1.54, 1.807) is 0 Å². The molecule has 3 N–H and O–H groups in total. The number of aliphatic hydroxyl groups is 1. The minimum atomic E-state index is 0.185. The molecule has 0 bridgehead atoms. The quantitative estimate of drug-likeness (QED) is 0.820. The molecule has 1 heterocycles. The first-order valence-corrected chi connectivity index (χ1v) is 6.82. The highest BCUT2D eigenvalue weighted by molar-refractivity contribution is 7.80. The maximum absolute atomic E-state index is 9.52. The van der Waals surface area contributed by atoms with Crippen LogP contribution in [0.4, 0.5) is 5.69 Å². The third-order valence-corrected chi connectivity index (χ3v) is 3.79. The van der Waals surface area contributed by atoms with E-state index in [1.165, 1.54) is 12.0 Å². The van der Waals surface area contributed by atoms with E-state index in [0.29, 0.717) is 4.99 Å². The Labute approximate surface area is 114 Å². The molecule has 2 rings (SSSR count). The van der Waals surface area contributed by atoms with E-state index in [2.05, 4.69) is 17.9 Å². The molecule has 0 aromatic heterocycles. The van der Waals surface area contributed by atoms with Gasteiger partial charge >= 0.3 is 0 Å². The van der Waals surface area contributed by atoms with Crippen molar-refractivity contribution in [3.05, 3.63) is 29.3 Å². The van der Waals surface area contributed by atoms with E-state index in [1.807, 2.05) is 12.1 Å². The topological polar surface area (TPSA) is 49.5 Å². The van der Waals surface area contributed by atoms with Gasteiger partial charge in [0.1, 0.15) is 4.99 Å². The SMILES string of the molecule is Cc1ccc(C(N)=S)c(N2CCCCC2CO)c1. The number of nitrogens with zero attached hydrogens (tertiary/aromatic N) is 1. The van der Waals surface area contributed by atoms with Gasteiger partial charge in [-0.15, -0.1) is 0 Å². The van der Waals surface area contributed by atoms with Crippen molar-refractivity contribution < 1.29 is 5.11 Å². The molecule has 1 aliphatic heterocycles. The lowest BCUT2D eigenvalue weighted by molar-refractivity contribution is 0.240. The van der Waals surface area contributed by atoms with E-state index >= 15 is 0 Å². The minimum absolute atomic E-state index is 0.185. The number of piperidine rings is 1. The van der Waals surface area contributed by atoms with Crippen LogP contribution in [-0.4, -0.2) is 29.3 Å². The van der Waals surface area contributed by atoms with E-state index in [-0.39, 0.29) is 12.6 Å². The van der Waals surface area contributed by atoms with Crippen LogP contribution in [-0.2, 0) is 0 Å². The van der Waals surface area contributed by atoms with Crippen LogP contribution in [0.3, 0.4) is 0 Å². The molecule has 1 aromatic rings. The first kappa shape index (κ1) is 13.3. The summed E-state index contributed by atoms with van der Waals surface area (Å²) in [5.74, 6) is 0. The Morgan fingerprint density at radius 3 is 2.94 bits per heavy atom. The summed E-state index contributed by atoms with van der Waals surface area (Å²) < 4.78 is 0. The highest BCUT2D eigenvalue weighted by atomic mass is 32.1. The molecule has 1 atom stereocenters. The van der Waals surface area contributed by atoms with Crippen molar-refractivity contribution in [1.82, 2.24) is 0 Å². The maximum Gasteiger partial charge on any atom is 0.106 e. The number of aliphatic hydroxyl groups excluding tert-OH is 1. The van der Waals surface area contributed by atoms with Gasteiger partial charge in [-0.05, 0) is 43.9 Å². The van der Waals surface area contributed by atoms with E-state index in [0.717, 1.165) is 30.6 Å². The smallest absolute Gasteiger partial charge is 0.106 e. The Morgan fingerprint density at radius 2 is 2.28 bits per heavy atom. The van der Waals surface area contributed by atoms with E-state index < -0.39 is 0 Å². The largest absolute Gasteiger partial charge is 0.394 e. The highest BCUT2D eigenvalue weighted by Gasteiger charge is 2.24. The van der Waals surface area contributed by atoms with Crippen LogP contribution in [0.5, 0.6) is 0 Å². The van der Waals surface area contributed by atoms with Crippen molar-refractivity contribution in [2.75, 3.05) is 18.1 Å². The predicted molar refractivity (Wildman–Crippen MR) is 79.1 cm³/mol. The number of rotatable bonds is 3. The van der Waals surface area contributed by atoms with Crippen LogP contribution in [0, 0.1) is 6.92 Å². The Bertz CT molecular complexity index is 447. The molecule has 18 heavy (non-hydrogen) atoms. The van der Waals surface area contributed by atoms with Crippen LogP contribution in [0.15, 0.2) is 18.2 Å². The van der Waals surface area contributed by atoms with Gasteiger partial charge in [-0.3, -0.25) is 0 Å². The van der Waals surface area contributed by atoms with Gasteiger partial charge in [0, 0.05) is 17.8 Å². The average molecular weight is 264 g/mol. The molecule has 0 spiro atoms. The number of thiocarbonyl (C=S) groups is 1. The van der Waals surface area contributed by atoms with Crippen molar-refractivity contribution >= 4 is 22.9 Å². The van der Waals surface area contributed by atoms with Gasteiger partial charge in [-0.2, -0.15) is 0 Å². The molecule has 4 heteroatoms. The second-order valence-corrected chi connectivity index (χ2v) is 5.35. The number of anilines is 1.